The van der Waals surface area contributed by atoms with E-state index in [1.165, 1.54) is 11.1 Å². The molecule has 136 valence electrons. The van der Waals surface area contributed by atoms with E-state index < -0.39 is 11.7 Å². The number of carbonyl (C=O) groups excluding carboxylic acids is 2. The van der Waals surface area contributed by atoms with E-state index in [4.69, 9.17) is 5.26 Å². The Morgan fingerprint density at radius 1 is 1.41 bits per heavy atom. The highest BCUT2D eigenvalue weighted by molar-refractivity contribution is 9.10. The van der Waals surface area contributed by atoms with Crippen LogP contribution < -0.4 is 5.32 Å². The highest BCUT2D eigenvalue weighted by atomic mass is 79.9. The predicted molar refractivity (Wildman–Crippen MR) is 98.5 cm³/mol. The van der Waals surface area contributed by atoms with E-state index in [0.717, 1.165) is 28.9 Å². The molecule has 6 nitrogen and oxygen atoms in total. The van der Waals surface area contributed by atoms with Crippen LogP contribution in [0.1, 0.15) is 34.3 Å². The van der Waals surface area contributed by atoms with Crippen molar-refractivity contribution in [3.8, 4) is 6.07 Å². The quantitative estimate of drug-likeness (QED) is 0.813. The van der Waals surface area contributed by atoms with Crippen molar-refractivity contribution in [1.82, 2.24) is 9.88 Å². The van der Waals surface area contributed by atoms with Gasteiger partial charge in [-0.3, -0.25) is 9.59 Å². The molecule has 2 aliphatic rings. The number of nitriles is 1. The Labute approximate surface area is 163 Å². The molecule has 2 heterocycles. The number of hydrogen-bond donors (Lipinski definition) is 1. The van der Waals surface area contributed by atoms with Gasteiger partial charge in [0.05, 0.1) is 5.56 Å². The van der Waals surface area contributed by atoms with Gasteiger partial charge in [0.15, 0.2) is 11.6 Å². The van der Waals surface area contributed by atoms with Gasteiger partial charge in [0.1, 0.15) is 12.6 Å². The minimum absolute atomic E-state index is 0.0650. The van der Waals surface area contributed by atoms with Crippen LogP contribution in [0.25, 0.3) is 0 Å². The summed E-state index contributed by atoms with van der Waals surface area (Å²) < 4.78 is 14.8. The Hall–Kier alpha value is -2.79. The second-order valence-corrected chi connectivity index (χ2v) is 7.76. The Morgan fingerprint density at radius 2 is 2.19 bits per heavy atom. The number of rotatable bonds is 3. The number of aromatic nitrogens is 1. The topological polar surface area (TPSA) is 86.1 Å². The fraction of sp³-hybridized carbons (Fsp3) is 0.263. The second kappa shape index (κ2) is 6.43. The van der Waals surface area contributed by atoms with Crippen LogP contribution in [0.3, 0.4) is 0 Å². The molecule has 0 atom stereocenters. The first kappa shape index (κ1) is 17.6. The number of halogens is 2. The fourth-order valence-electron chi connectivity index (χ4n) is 3.48. The summed E-state index contributed by atoms with van der Waals surface area (Å²) in [7, 11) is 0. The van der Waals surface area contributed by atoms with Crippen molar-refractivity contribution in [3.63, 3.8) is 0 Å². The third kappa shape index (κ3) is 3.19. The van der Waals surface area contributed by atoms with Crippen molar-refractivity contribution in [1.29, 1.82) is 5.26 Å². The third-order valence-electron chi connectivity index (χ3n) is 4.98. The second-order valence-electron chi connectivity index (χ2n) is 6.85. The maximum Gasteiger partial charge on any atom is 0.254 e. The molecule has 0 bridgehead atoms. The van der Waals surface area contributed by atoms with E-state index in [1.807, 2.05) is 12.1 Å². The first-order chi connectivity index (χ1) is 12.9. The number of carbonyl (C=O) groups is 2. The van der Waals surface area contributed by atoms with Crippen molar-refractivity contribution >= 4 is 33.6 Å². The average molecular weight is 429 g/mol. The number of pyridine rings is 1. The van der Waals surface area contributed by atoms with Crippen molar-refractivity contribution in [3.05, 3.63) is 57.4 Å². The van der Waals surface area contributed by atoms with Crippen molar-refractivity contribution in [2.45, 2.75) is 18.3 Å². The lowest BCUT2D eigenvalue weighted by Gasteiger charge is -2.34. The summed E-state index contributed by atoms with van der Waals surface area (Å²) in [6.45, 7) is 0.281. The van der Waals surface area contributed by atoms with Gasteiger partial charge in [-0.1, -0.05) is 15.9 Å². The molecular formula is C19H14BrFN4O2. The molecular weight excluding hydrogens is 415 g/mol. The normalized spacial score (nSPS) is 16.6. The molecule has 2 amide bonds. The number of fused-ring (bicyclic) bond motifs is 2. The van der Waals surface area contributed by atoms with Gasteiger partial charge in [0.2, 0.25) is 5.91 Å². The molecule has 1 saturated carbocycles. The molecule has 0 unspecified atom stereocenters. The monoisotopic (exact) mass is 428 g/mol. The summed E-state index contributed by atoms with van der Waals surface area (Å²) in [5.41, 5.74) is 1.61. The van der Waals surface area contributed by atoms with Gasteiger partial charge in [-0.25, -0.2) is 9.37 Å². The van der Waals surface area contributed by atoms with Crippen LogP contribution in [0.2, 0.25) is 0 Å². The summed E-state index contributed by atoms with van der Waals surface area (Å²) in [6, 6.07) is 8.34. The molecule has 1 aliphatic carbocycles. The summed E-state index contributed by atoms with van der Waals surface area (Å²) in [6.07, 6.45) is 3.11. The standard InChI is InChI=1S/C19H14BrFN4O2/c20-12-1-2-13-14(6-12)19(3-4-19)10-25(18(13)27)9-16(26)24-17-15(21)5-11(7-22)8-23-17/h1-2,5-6,8H,3-4,9-10H2,(H,23,24,26). The van der Waals surface area contributed by atoms with Crippen molar-refractivity contribution in [2.75, 3.05) is 18.4 Å². The van der Waals surface area contributed by atoms with Gasteiger partial charge < -0.3 is 10.2 Å². The maximum absolute atomic E-state index is 13.9. The third-order valence-corrected chi connectivity index (χ3v) is 5.47. The zero-order valence-electron chi connectivity index (χ0n) is 14.1. The van der Waals surface area contributed by atoms with E-state index in [-0.39, 0.29) is 29.2 Å². The zero-order chi connectivity index (χ0) is 19.2. The van der Waals surface area contributed by atoms with E-state index in [1.54, 1.807) is 12.1 Å². The summed E-state index contributed by atoms with van der Waals surface area (Å²) >= 11 is 3.45. The summed E-state index contributed by atoms with van der Waals surface area (Å²) in [5, 5.41) is 11.1. The van der Waals surface area contributed by atoms with Gasteiger partial charge in [-0.15, -0.1) is 0 Å². The molecule has 1 N–H and O–H groups in total. The number of benzene rings is 1. The number of hydrogen-bond acceptors (Lipinski definition) is 4. The molecule has 8 heteroatoms. The van der Waals surface area contributed by atoms with Crippen LogP contribution in [-0.4, -0.2) is 34.8 Å². The number of anilines is 1. The molecule has 0 radical (unpaired) electrons. The van der Waals surface area contributed by atoms with Gasteiger partial charge in [0.25, 0.3) is 5.91 Å². The molecule has 1 spiro atoms. The number of nitrogens with zero attached hydrogens (tertiary/aromatic N) is 3. The number of amides is 2. The van der Waals surface area contributed by atoms with Crippen molar-refractivity contribution in [2.24, 2.45) is 0 Å². The molecule has 1 aliphatic heterocycles. The fourth-order valence-corrected chi connectivity index (χ4v) is 3.84. The molecule has 1 aromatic carbocycles. The highest BCUT2D eigenvalue weighted by Crippen LogP contribution is 2.52. The summed E-state index contributed by atoms with van der Waals surface area (Å²) in [5.74, 6) is -1.79. The minimum Gasteiger partial charge on any atom is -0.328 e. The predicted octanol–water partition coefficient (Wildman–Crippen LogP) is 2.98. The van der Waals surface area contributed by atoms with Crippen LogP contribution in [0.4, 0.5) is 10.2 Å². The van der Waals surface area contributed by atoms with Crippen LogP contribution in [0, 0.1) is 17.1 Å². The molecule has 1 aromatic heterocycles. The first-order valence-electron chi connectivity index (χ1n) is 8.37. The van der Waals surface area contributed by atoms with Crippen LogP contribution in [0.15, 0.2) is 34.9 Å². The molecule has 1 fully saturated rings. The Bertz CT molecular complexity index is 1010. The van der Waals surface area contributed by atoms with Gasteiger partial charge in [0, 0.05) is 28.2 Å². The van der Waals surface area contributed by atoms with Gasteiger partial charge >= 0.3 is 0 Å². The van der Waals surface area contributed by atoms with Crippen LogP contribution >= 0.6 is 15.9 Å². The Balaban J connectivity index is 1.52. The lowest BCUT2D eigenvalue weighted by Crippen LogP contribution is -2.46. The maximum atomic E-state index is 13.9. The van der Waals surface area contributed by atoms with Crippen LogP contribution in [0.5, 0.6) is 0 Å². The molecule has 4 rings (SSSR count). The van der Waals surface area contributed by atoms with E-state index >= 15 is 0 Å². The number of nitrogens with one attached hydrogen (secondary N) is 1. The van der Waals surface area contributed by atoms with Gasteiger partial charge in [-0.05, 0) is 42.7 Å². The van der Waals surface area contributed by atoms with E-state index in [0.29, 0.717) is 12.1 Å². The first-order valence-corrected chi connectivity index (χ1v) is 9.16. The van der Waals surface area contributed by atoms with Gasteiger partial charge in [-0.2, -0.15) is 5.26 Å². The lowest BCUT2D eigenvalue weighted by atomic mass is 9.86. The molecule has 2 aromatic rings. The summed E-state index contributed by atoms with van der Waals surface area (Å²) in [4.78, 5) is 30.4. The SMILES string of the molecule is N#Cc1cnc(NC(=O)CN2CC3(CC3)c3cc(Br)ccc3C2=O)c(F)c1. The largest absolute Gasteiger partial charge is 0.328 e. The zero-order valence-corrected chi connectivity index (χ0v) is 15.7. The highest BCUT2D eigenvalue weighted by Gasteiger charge is 2.51. The Morgan fingerprint density at radius 3 is 2.85 bits per heavy atom. The van der Waals surface area contributed by atoms with E-state index in [2.05, 4.69) is 26.2 Å². The lowest BCUT2D eigenvalue weighted by molar-refractivity contribution is -0.117. The smallest absolute Gasteiger partial charge is 0.254 e. The van der Waals surface area contributed by atoms with Crippen molar-refractivity contribution < 1.29 is 14.0 Å². The van der Waals surface area contributed by atoms with Crippen LogP contribution in [-0.2, 0) is 10.2 Å². The molecule has 27 heavy (non-hydrogen) atoms. The Kier molecular flexibility index (Phi) is 4.19. The molecule has 0 saturated heterocycles. The average Bonchev–Trinajstić information content (AvgIpc) is 3.41. The van der Waals surface area contributed by atoms with E-state index in [9.17, 15) is 14.0 Å². The minimum atomic E-state index is -0.791.